The summed E-state index contributed by atoms with van der Waals surface area (Å²) in [5.41, 5.74) is 6.24. The van der Waals surface area contributed by atoms with Crippen LogP contribution in [0.2, 0.25) is 0 Å². The fourth-order valence-corrected chi connectivity index (χ4v) is 1.63. The molecule has 1 unspecified atom stereocenters. The fourth-order valence-electron chi connectivity index (χ4n) is 1.63. The van der Waals surface area contributed by atoms with Crippen LogP contribution in [0, 0.1) is 5.92 Å². The highest BCUT2D eigenvalue weighted by atomic mass is 16.4. The zero-order valence-electron chi connectivity index (χ0n) is 9.10. The van der Waals surface area contributed by atoms with Crippen molar-refractivity contribution in [2.24, 2.45) is 5.92 Å². The van der Waals surface area contributed by atoms with Crippen molar-refractivity contribution >= 4 is 17.5 Å². The Labute approximate surface area is 93.7 Å². The number of nitrogens with two attached hydrogens (primary N) is 1. The van der Waals surface area contributed by atoms with E-state index in [1.165, 1.54) is 18.9 Å². The van der Waals surface area contributed by atoms with Crippen LogP contribution in [0.1, 0.15) is 30.3 Å². The average Bonchev–Trinajstić information content (AvgIpc) is 3.04. The van der Waals surface area contributed by atoms with Crippen LogP contribution in [0.5, 0.6) is 0 Å². The van der Waals surface area contributed by atoms with Crippen molar-refractivity contribution in [3.63, 3.8) is 0 Å². The number of hydrogen-bond donors (Lipinski definition) is 3. The average molecular weight is 221 g/mol. The van der Waals surface area contributed by atoms with Gasteiger partial charge < -0.3 is 16.2 Å². The van der Waals surface area contributed by atoms with Gasteiger partial charge in [-0.25, -0.2) is 9.78 Å². The van der Waals surface area contributed by atoms with E-state index in [2.05, 4.69) is 17.2 Å². The van der Waals surface area contributed by atoms with Gasteiger partial charge in [-0.05, 0) is 37.8 Å². The molecule has 86 valence electrons. The van der Waals surface area contributed by atoms with Crippen LogP contribution in [0.4, 0.5) is 11.5 Å². The third-order valence-electron chi connectivity index (χ3n) is 2.84. The number of hydrogen-bond acceptors (Lipinski definition) is 4. The Hall–Kier alpha value is -1.78. The number of rotatable bonds is 4. The number of aromatic nitrogens is 1. The molecule has 0 saturated heterocycles. The molecule has 2 rings (SSSR count). The predicted octanol–water partition coefficient (Wildman–Crippen LogP) is 1.57. The molecule has 0 amide bonds. The van der Waals surface area contributed by atoms with Crippen LogP contribution in [-0.2, 0) is 0 Å². The number of aromatic carboxylic acids is 1. The summed E-state index contributed by atoms with van der Waals surface area (Å²) in [6.45, 7) is 2.06. The van der Waals surface area contributed by atoms with Crippen molar-refractivity contribution in [2.45, 2.75) is 25.8 Å². The smallest absolute Gasteiger partial charge is 0.354 e. The maximum Gasteiger partial charge on any atom is 0.354 e. The molecule has 1 aromatic rings. The molecule has 1 aliphatic carbocycles. The maximum absolute atomic E-state index is 10.8. The van der Waals surface area contributed by atoms with Crippen LogP contribution < -0.4 is 11.1 Å². The van der Waals surface area contributed by atoms with Gasteiger partial charge >= 0.3 is 5.97 Å². The molecule has 16 heavy (non-hydrogen) atoms. The molecule has 5 nitrogen and oxygen atoms in total. The van der Waals surface area contributed by atoms with Gasteiger partial charge in [-0.1, -0.05) is 0 Å². The lowest BCUT2D eigenvalue weighted by atomic mass is 10.2. The van der Waals surface area contributed by atoms with E-state index >= 15 is 0 Å². The highest BCUT2D eigenvalue weighted by Gasteiger charge is 2.28. The van der Waals surface area contributed by atoms with Gasteiger partial charge in [0.2, 0.25) is 0 Å². The van der Waals surface area contributed by atoms with Crippen LogP contribution in [0.25, 0.3) is 0 Å². The number of anilines is 2. The van der Waals surface area contributed by atoms with E-state index < -0.39 is 5.97 Å². The normalized spacial score (nSPS) is 16.8. The Kier molecular flexibility index (Phi) is 2.68. The van der Waals surface area contributed by atoms with E-state index in [1.807, 2.05) is 0 Å². The van der Waals surface area contributed by atoms with Gasteiger partial charge in [-0.15, -0.1) is 0 Å². The number of carbonyl (C=O) groups is 1. The summed E-state index contributed by atoms with van der Waals surface area (Å²) in [6.07, 6.45) is 2.43. The van der Waals surface area contributed by atoms with E-state index in [0.717, 1.165) is 0 Å². The minimum absolute atomic E-state index is 0.0136. The van der Waals surface area contributed by atoms with Crippen LogP contribution in [-0.4, -0.2) is 22.1 Å². The van der Waals surface area contributed by atoms with Crippen molar-refractivity contribution in [3.05, 3.63) is 17.8 Å². The van der Waals surface area contributed by atoms with Gasteiger partial charge in [0.05, 0.1) is 5.69 Å². The molecule has 0 radical (unpaired) electrons. The number of nitrogen functional groups attached to an aromatic ring is 1. The lowest BCUT2D eigenvalue weighted by molar-refractivity contribution is 0.0690. The zero-order valence-corrected chi connectivity index (χ0v) is 9.10. The molecule has 0 aliphatic heterocycles. The topological polar surface area (TPSA) is 88.2 Å². The molecular formula is C11H15N3O2. The summed E-state index contributed by atoms with van der Waals surface area (Å²) in [6, 6.07) is 3.27. The van der Waals surface area contributed by atoms with Crippen LogP contribution in [0.3, 0.4) is 0 Å². The van der Waals surface area contributed by atoms with Crippen molar-refractivity contribution in [1.82, 2.24) is 4.98 Å². The summed E-state index contributed by atoms with van der Waals surface area (Å²) >= 11 is 0. The second-order valence-corrected chi connectivity index (χ2v) is 4.21. The van der Waals surface area contributed by atoms with Gasteiger partial charge in [-0.3, -0.25) is 0 Å². The minimum Gasteiger partial charge on any atom is -0.477 e. The first-order valence-corrected chi connectivity index (χ1v) is 5.34. The van der Waals surface area contributed by atoms with Gasteiger partial charge in [0.25, 0.3) is 0 Å². The summed E-state index contributed by atoms with van der Waals surface area (Å²) in [5, 5.41) is 12.0. The second kappa shape index (κ2) is 4.00. The minimum atomic E-state index is -1.04. The van der Waals surface area contributed by atoms with Crippen LogP contribution >= 0.6 is 0 Å². The first kappa shape index (κ1) is 10.7. The number of nitrogens with zero attached hydrogens (tertiary/aromatic N) is 1. The largest absolute Gasteiger partial charge is 0.477 e. The molecule has 1 heterocycles. The summed E-state index contributed by atoms with van der Waals surface area (Å²) < 4.78 is 0. The number of pyridine rings is 1. The molecule has 5 heteroatoms. The van der Waals surface area contributed by atoms with Gasteiger partial charge in [-0.2, -0.15) is 0 Å². The van der Waals surface area contributed by atoms with Crippen molar-refractivity contribution in [1.29, 1.82) is 0 Å². The second-order valence-electron chi connectivity index (χ2n) is 4.21. The summed E-state index contributed by atoms with van der Waals surface area (Å²) in [7, 11) is 0. The molecule has 1 fully saturated rings. The molecule has 0 spiro atoms. The molecule has 0 aromatic carbocycles. The SMILES string of the molecule is CC(Nc1nc(C(=O)O)ccc1N)C1CC1. The first-order chi connectivity index (χ1) is 7.58. The van der Waals surface area contributed by atoms with E-state index in [9.17, 15) is 4.79 Å². The maximum atomic E-state index is 10.8. The molecule has 1 aromatic heterocycles. The van der Waals surface area contributed by atoms with Crippen molar-refractivity contribution in [2.75, 3.05) is 11.1 Å². The zero-order chi connectivity index (χ0) is 11.7. The van der Waals surface area contributed by atoms with Gasteiger partial charge in [0.15, 0.2) is 5.69 Å². The lowest BCUT2D eigenvalue weighted by Gasteiger charge is -2.15. The quantitative estimate of drug-likeness (QED) is 0.718. The van der Waals surface area contributed by atoms with E-state index in [1.54, 1.807) is 6.07 Å². The van der Waals surface area contributed by atoms with Crippen LogP contribution in [0.15, 0.2) is 12.1 Å². The monoisotopic (exact) mass is 221 g/mol. The Bertz CT molecular complexity index is 416. The Morgan fingerprint density at radius 2 is 2.31 bits per heavy atom. The highest BCUT2D eigenvalue weighted by Crippen LogP contribution is 2.34. The number of nitrogens with one attached hydrogen (secondary N) is 1. The van der Waals surface area contributed by atoms with E-state index in [-0.39, 0.29) is 5.69 Å². The Morgan fingerprint density at radius 3 is 2.88 bits per heavy atom. The molecule has 1 saturated carbocycles. The Morgan fingerprint density at radius 1 is 1.62 bits per heavy atom. The predicted molar refractivity (Wildman–Crippen MR) is 61.4 cm³/mol. The van der Waals surface area contributed by atoms with E-state index in [4.69, 9.17) is 10.8 Å². The first-order valence-electron chi connectivity index (χ1n) is 5.34. The lowest BCUT2D eigenvalue weighted by Crippen LogP contribution is -2.20. The van der Waals surface area contributed by atoms with Crippen molar-refractivity contribution in [3.8, 4) is 0 Å². The molecule has 1 aliphatic rings. The number of carboxylic acids is 1. The summed E-state index contributed by atoms with van der Waals surface area (Å²) in [4.78, 5) is 14.8. The van der Waals surface area contributed by atoms with E-state index in [0.29, 0.717) is 23.5 Å². The Balaban J connectivity index is 2.17. The molecule has 1 atom stereocenters. The summed E-state index contributed by atoms with van der Waals surface area (Å²) in [5.74, 6) is 0.0936. The standard InChI is InChI=1S/C11H15N3O2/c1-6(7-2-3-7)13-10-8(12)4-5-9(14-10)11(15)16/h4-7H,2-3,12H2,1H3,(H,13,14)(H,15,16). The molecular weight excluding hydrogens is 206 g/mol. The van der Waals surface area contributed by atoms with Crippen molar-refractivity contribution < 1.29 is 9.90 Å². The third-order valence-corrected chi connectivity index (χ3v) is 2.84. The number of carboxylic acid groups (broad SMARTS) is 1. The molecule has 4 N–H and O–H groups in total. The fraction of sp³-hybridized carbons (Fsp3) is 0.455. The highest BCUT2D eigenvalue weighted by molar-refractivity contribution is 5.86. The van der Waals surface area contributed by atoms with Gasteiger partial charge in [0.1, 0.15) is 5.82 Å². The molecule has 0 bridgehead atoms. The third kappa shape index (κ3) is 2.24. The van der Waals surface area contributed by atoms with Gasteiger partial charge in [0, 0.05) is 6.04 Å².